The molecule has 3 rings (SSSR count). The van der Waals surface area contributed by atoms with Gasteiger partial charge in [-0.1, -0.05) is 25.1 Å². The Balaban J connectivity index is 1.88. The van der Waals surface area contributed by atoms with Gasteiger partial charge in [-0.15, -0.1) is 0 Å². The minimum atomic E-state index is 0.321. The fraction of sp³-hybridized carbons (Fsp3) is 0.500. The molecule has 0 unspecified atom stereocenters. The lowest BCUT2D eigenvalue weighted by atomic mass is 9.89. The van der Waals surface area contributed by atoms with E-state index in [0.717, 1.165) is 42.3 Å². The monoisotopic (exact) mass is 284 g/mol. The van der Waals surface area contributed by atoms with Gasteiger partial charge in [0.1, 0.15) is 6.10 Å². The highest BCUT2D eigenvalue weighted by atomic mass is 16.5. The maximum Gasteiger partial charge on any atom is 0.221 e. The van der Waals surface area contributed by atoms with E-state index >= 15 is 0 Å². The Hall–Kier alpha value is -1.61. The lowest BCUT2D eigenvalue weighted by molar-refractivity contribution is 0.132. The van der Waals surface area contributed by atoms with Crippen LogP contribution in [0.2, 0.25) is 0 Å². The first kappa shape index (κ1) is 14.3. The van der Waals surface area contributed by atoms with Crippen molar-refractivity contribution in [3.05, 3.63) is 36.0 Å². The normalized spacial score (nSPS) is 22.4. The molecule has 0 aliphatic heterocycles. The van der Waals surface area contributed by atoms with Gasteiger partial charge in [-0.05, 0) is 56.2 Å². The fourth-order valence-corrected chi connectivity index (χ4v) is 3.09. The molecule has 0 saturated heterocycles. The summed E-state index contributed by atoms with van der Waals surface area (Å²) in [6.45, 7) is 3.10. The molecule has 3 nitrogen and oxygen atoms in total. The van der Waals surface area contributed by atoms with Gasteiger partial charge in [-0.2, -0.15) is 0 Å². The molecule has 1 aliphatic carbocycles. The second-order valence-corrected chi connectivity index (χ2v) is 6.17. The standard InChI is InChI=1S/C18H24N2O/c1-13-7-9-16(10-8-13)21-18-17-6-4-3-5-14(17)11-15(20-18)12-19-2/h3-6,11,13,16,19H,7-10,12H2,1-2H3. The van der Waals surface area contributed by atoms with Crippen LogP contribution in [0.15, 0.2) is 30.3 Å². The van der Waals surface area contributed by atoms with Crippen LogP contribution in [0.3, 0.4) is 0 Å². The van der Waals surface area contributed by atoms with Gasteiger partial charge in [-0.25, -0.2) is 4.98 Å². The van der Waals surface area contributed by atoms with E-state index in [1.807, 2.05) is 7.05 Å². The molecule has 1 heterocycles. The fourth-order valence-electron chi connectivity index (χ4n) is 3.09. The third-order valence-electron chi connectivity index (χ3n) is 4.36. The van der Waals surface area contributed by atoms with E-state index in [2.05, 4.69) is 42.6 Å². The number of hydrogen-bond acceptors (Lipinski definition) is 3. The molecular formula is C18H24N2O. The minimum Gasteiger partial charge on any atom is -0.474 e. The molecule has 0 bridgehead atoms. The SMILES string of the molecule is CNCc1cc2ccccc2c(OC2CCC(C)CC2)n1. The third kappa shape index (κ3) is 3.35. The van der Waals surface area contributed by atoms with Crippen LogP contribution in [0.1, 0.15) is 38.3 Å². The van der Waals surface area contributed by atoms with E-state index in [9.17, 15) is 0 Å². The first-order valence-electron chi connectivity index (χ1n) is 7.96. The number of ether oxygens (including phenoxy) is 1. The summed E-state index contributed by atoms with van der Waals surface area (Å²) in [6.07, 6.45) is 5.14. The predicted octanol–water partition coefficient (Wildman–Crippen LogP) is 3.91. The number of fused-ring (bicyclic) bond motifs is 1. The molecule has 1 fully saturated rings. The van der Waals surface area contributed by atoms with Gasteiger partial charge in [-0.3, -0.25) is 0 Å². The second kappa shape index (κ2) is 6.44. The molecule has 1 aromatic heterocycles. The summed E-state index contributed by atoms with van der Waals surface area (Å²) in [5.74, 6) is 1.64. The van der Waals surface area contributed by atoms with E-state index in [1.165, 1.54) is 18.2 Å². The highest BCUT2D eigenvalue weighted by molar-refractivity contribution is 5.87. The molecule has 1 N–H and O–H groups in total. The van der Waals surface area contributed by atoms with Crippen LogP contribution < -0.4 is 10.1 Å². The van der Waals surface area contributed by atoms with Gasteiger partial charge in [0.05, 0.1) is 5.69 Å². The molecule has 0 spiro atoms. The number of nitrogens with zero attached hydrogens (tertiary/aromatic N) is 1. The summed E-state index contributed by atoms with van der Waals surface area (Å²) in [6, 6.07) is 10.5. The molecule has 3 heteroatoms. The van der Waals surface area contributed by atoms with Gasteiger partial charge >= 0.3 is 0 Å². The van der Waals surface area contributed by atoms with Crippen molar-refractivity contribution in [1.82, 2.24) is 10.3 Å². The first-order valence-corrected chi connectivity index (χ1v) is 7.96. The zero-order chi connectivity index (χ0) is 14.7. The number of rotatable bonds is 4. The zero-order valence-corrected chi connectivity index (χ0v) is 12.9. The van der Waals surface area contributed by atoms with E-state index in [4.69, 9.17) is 9.72 Å². The first-order chi connectivity index (χ1) is 10.3. The molecular weight excluding hydrogens is 260 g/mol. The molecule has 0 radical (unpaired) electrons. The van der Waals surface area contributed by atoms with E-state index in [-0.39, 0.29) is 0 Å². The van der Waals surface area contributed by atoms with E-state index in [1.54, 1.807) is 0 Å². The van der Waals surface area contributed by atoms with Crippen LogP contribution in [0.25, 0.3) is 10.8 Å². The van der Waals surface area contributed by atoms with Crippen molar-refractivity contribution in [1.29, 1.82) is 0 Å². The molecule has 21 heavy (non-hydrogen) atoms. The molecule has 1 aliphatic rings. The Bertz CT molecular complexity index is 603. The van der Waals surface area contributed by atoms with Crippen molar-refractivity contribution in [3.63, 3.8) is 0 Å². The molecule has 2 aromatic rings. The van der Waals surface area contributed by atoms with Crippen LogP contribution >= 0.6 is 0 Å². The largest absolute Gasteiger partial charge is 0.474 e. The topological polar surface area (TPSA) is 34.1 Å². The molecule has 1 aromatic carbocycles. The van der Waals surface area contributed by atoms with Gasteiger partial charge in [0.15, 0.2) is 0 Å². The van der Waals surface area contributed by atoms with Gasteiger partial charge in [0.2, 0.25) is 5.88 Å². The smallest absolute Gasteiger partial charge is 0.221 e. The molecule has 1 saturated carbocycles. The number of aromatic nitrogens is 1. The zero-order valence-electron chi connectivity index (χ0n) is 12.9. The Morgan fingerprint density at radius 1 is 1.19 bits per heavy atom. The summed E-state index contributed by atoms with van der Waals surface area (Å²) in [7, 11) is 1.94. The van der Waals surface area contributed by atoms with E-state index < -0.39 is 0 Å². The van der Waals surface area contributed by atoms with Gasteiger partial charge in [0, 0.05) is 11.9 Å². The third-order valence-corrected chi connectivity index (χ3v) is 4.36. The average Bonchev–Trinajstić information content (AvgIpc) is 2.50. The minimum absolute atomic E-state index is 0.321. The molecule has 0 atom stereocenters. The van der Waals surface area contributed by atoms with Crippen molar-refractivity contribution in [2.75, 3.05) is 7.05 Å². The van der Waals surface area contributed by atoms with Crippen LogP contribution in [0.4, 0.5) is 0 Å². The lowest BCUT2D eigenvalue weighted by Crippen LogP contribution is -2.23. The number of hydrogen-bond donors (Lipinski definition) is 1. The Labute approximate surface area is 126 Å². The van der Waals surface area contributed by atoms with Crippen LogP contribution in [0, 0.1) is 5.92 Å². The molecule has 112 valence electrons. The van der Waals surface area contributed by atoms with E-state index in [0.29, 0.717) is 6.10 Å². The summed E-state index contributed by atoms with van der Waals surface area (Å²) < 4.78 is 6.27. The van der Waals surface area contributed by atoms with Crippen LogP contribution in [-0.2, 0) is 6.54 Å². The Morgan fingerprint density at radius 3 is 2.71 bits per heavy atom. The number of pyridine rings is 1. The highest BCUT2D eigenvalue weighted by Gasteiger charge is 2.21. The second-order valence-electron chi connectivity index (χ2n) is 6.17. The average molecular weight is 284 g/mol. The van der Waals surface area contributed by atoms with Crippen LogP contribution in [0.5, 0.6) is 5.88 Å². The summed E-state index contributed by atoms with van der Waals surface area (Å²) in [5.41, 5.74) is 1.04. The van der Waals surface area contributed by atoms with Crippen molar-refractivity contribution in [3.8, 4) is 5.88 Å². The molecule has 0 amide bonds. The van der Waals surface area contributed by atoms with Crippen molar-refractivity contribution >= 4 is 10.8 Å². The van der Waals surface area contributed by atoms with Crippen LogP contribution in [-0.4, -0.2) is 18.1 Å². The summed E-state index contributed by atoms with van der Waals surface area (Å²) in [5, 5.41) is 5.49. The van der Waals surface area contributed by atoms with Crippen molar-refractivity contribution in [2.24, 2.45) is 5.92 Å². The van der Waals surface area contributed by atoms with Gasteiger partial charge < -0.3 is 10.1 Å². The Morgan fingerprint density at radius 2 is 1.95 bits per heavy atom. The van der Waals surface area contributed by atoms with Crippen molar-refractivity contribution in [2.45, 2.75) is 45.3 Å². The lowest BCUT2D eigenvalue weighted by Gasteiger charge is -2.27. The Kier molecular flexibility index (Phi) is 4.39. The summed E-state index contributed by atoms with van der Waals surface area (Å²) in [4.78, 5) is 4.72. The number of nitrogens with one attached hydrogen (secondary N) is 1. The quantitative estimate of drug-likeness (QED) is 0.924. The number of benzene rings is 1. The maximum absolute atomic E-state index is 6.27. The predicted molar refractivity (Wildman–Crippen MR) is 86.6 cm³/mol. The maximum atomic E-state index is 6.27. The van der Waals surface area contributed by atoms with Crippen molar-refractivity contribution < 1.29 is 4.74 Å². The van der Waals surface area contributed by atoms with Gasteiger partial charge in [0.25, 0.3) is 0 Å². The summed E-state index contributed by atoms with van der Waals surface area (Å²) >= 11 is 0. The highest BCUT2D eigenvalue weighted by Crippen LogP contribution is 2.30.